The minimum absolute atomic E-state index is 0.283. The second-order valence-corrected chi connectivity index (χ2v) is 7.26. The van der Waals surface area contributed by atoms with Crippen LogP contribution in [0.25, 0.3) is 0 Å². The van der Waals surface area contributed by atoms with Crippen LogP contribution in [0.5, 0.6) is 0 Å². The molecule has 1 aromatic rings. The highest BCUT2D eigenvalue weighted by Gasteiger charge is 2.30. The molecule has 1 N–H and O–H groups in total. The first-order valence-electron chi connectivity index (χ1n) is 9.16. The second-order valence-electron chi connectivity index (χ2n) is 7.26. The number of nitriles is 2. The van der Waals surface area contributed by atoms with Crippen LogP contribution in [0.1, 0.15) is 36.8 Å². The molecule has 3 aliphatic rings. The molecular weight excluding hydrogens is 306 g/mol. The smallest absolute Gasteiger partial charge is 0.132 e. The van der Waals surface area contributed by atoms with E-state index < -0.39 is 0 Å². The first-order valence-corrected chi connectivity index (χ1v) is 9.16. The van der Waals surface area contributed by atoms with Crippen molar-refractivity contribution in [2.24, 2.45) is 5.92 Å². The zero-order valence-electron chi connectivity index (χ0n) is 14.4. The number of allylic oxidation sites excluding steroid dienone is 6. The van der Waals surface area contributed by atoms with Gasteiger partial charge in [0, 0.05) is 18.4 Å². The van der Waals surface area contributed by atoms with Gasteiger partial charge in [0.1, 0.15) is 30.0 Å². The van der Waals surface area contributed by atoms with Gasteiger partial charge in [0.15, 0.2) is 0 Å². The summed E-state index contributed by atoms with van der Waals surface area (Å²) < 4.78 is 0. The number of rotatable bonds is 1. The van der Waals surface area contributed by atoms with E-state index in [4.69, 9.17) is 10.5 Å². The molecule has 1 aromatic carbocycles. The van der Waals surface area contributed by atoms with Crippen LogP contribution in [0, 0.1) is 28.6 Å². The molecule has 0 radical (unpaired) electrons. The molecule has 1 unspecified atom stereocenters. The third-order valence-electron chi connectivity index (χ3n) is 5.89. The second kappa shape index (κ2) is 6.71. The van der Waals surface area contributed by atoms with Gasteiger partial charge < -0.3 is 4.90 Å². The molecule has 0 aromatic heterocycles. The first-order chi connectivity index (χ1) is 12.3. The zero-order chi connectivity index (χ0) is 17.2. The molecule has 0 fully saturated rings. The van der Waals surface area contributed by atoms with Crippen molar-refractivity contribution in [3.8, 4) is 12.1 Å². The lowest BCUT2D eigenvalue weighted by atomic mass is 9.77. The topological polar surface area (TPSA) is 52.0 Å². The summed E-state index contributed by atoms with van der Waals surface area (Å²) in [6.45, 7) is 2.23. The van der Waals surface area contributed by atoms with E-state index in [1.54, 1.807) is 4.90 Å². The Balaban J connectivity index is 1.62. The molecule has 0 bridgehead atoms. The lowest BCUT2D eigenvalue weighted by molar-refractivity contribution is -0.879. The lowest BCUT2D eigenvalue weighted by Crippen LogP contribution is -3.10. The molecule has 0 saturated carbocycles. The van der Waals surface area contributed by atoms with Gasteiger partial charge in [0.2, 0.25) is 0 Å². The van der Waals surface area contributed by atoms with Gasteiger partial charge in [-0.1, -0.05) is 30.3 Å². The normalized spacial score (nSPS) is 24.8. The van der Waals surface area contributed by atoms with Gasteiger partial charge in [0.05, 0.1) is 6.54 Å². The van der Waals surface area contributed by atoms with Crippen LogP contribution in [0.3, 0.4) is 0 Å². The van der Waals surface area contributed by atoms with Crippen molar-refractivity contribution in [2.45, 2.75) is 38.6 Å². The molecule has 3 heteroatoms. The van der Waals surface area contributed by atoms with Gasteiger partial charge in [-0.25, -0.2) is 0 Å². The van der Waals surface area contributed by atoms with E-state index in [-0.39, 0.29) is 5.57 Å². The summed E-state index contributed by atoms with van der Waals surface area (Å²) in [5.74, 6) is 0.600. The van der Waals surface area contributed by atoms with Crippen molar-refractivity contribution in [1.29, 1.82) is 10.5 Å². The van der Waals surface area contributed by atoms with Crippen LogP contribution in [0.4, 0.5) is 0 Å². The van der Waals surface area contributed by atoms with Crippen molar-refractivity contribution in [3.63, 3.8) is 0 Å². The number of hydrogen-bond acceptors (Lipinski definition) is 2. The van der Waals surface area contributed by atoms with Gasteiger partial charge >= 0.3 is 0 Å². The number of hydrogen-bond donors (Lipinski definition) is 1. The van der Waals surface area contributed by atoms with Crippen molar-refractivity contribution in [1.82, 2.24) is 0 Å². The molecule has 0 spiro atoms. The number of benzene rings is 1. The highest BCUT2D eigenvalue weighted by atomic mass is 15.1. The summed E-state index contributed by atoms with van der Waals surface area (Å²) in [5.41, 5.74) is 7.00. The summed E-state index contributed by atoms with van der Waals surface area (Å²) in [6, 6.07) is 12.9. The Morgan fingerprint density at radius 1 is 0.960 bits per heavy atom. The Bertz CT molecular complexity index is 857. The molecule has 1 heterocycles. The summed E-state index contributed by atoms with van der Waals surface area (Å²) in [4.78, 5) is 1.58. The highest BCUT2D eigenvalue weighted by molar-refractivity contribution is 5.49. The molecule has 25 heavy (non-hydrogen) atoms. The first kappa shape index (κ1) is 15.9. The van der Waals surface area contributed by atoms with E-state index in [2.05, 4.69) is 48.6 Å². The monoisotopic (exact) mass is 328 g/mol. The summed E-state index contributed by atoms with van der Waals surface area (Å²) in [6.07, 6.45) is 9.92. The van der Waals surface area contributed by atoms with E-state index in [1.807, 2.05) is 0 Å². The van der Waals surface area contributed by atoms with Crippen LogP contribution in [0.2, 0.25) is 0 Å². The molecule has 0 saturated heterocycles. The predicted molar refractivity (Wildman–Crippen MR) is 96.1 cm³/mol. The standard InChI is InChI=1S/C22H21N3/c23-13-21(14-24)18-6-5-17-7-8-22(12-20(17)11-18)25-10-9-16-3-1-2-4-19(16)15-25/h1-4,11-12,17H,5-10,15H2/p+1/t17-/m1/s1. The van der Waals surface area contributed by atoms with Crippen molar-refractivity contribution < 1.29 is 4.90 Å². The number of fused-ring (bicyclic) bond motifs is 2. The predicted octanol–water partition coefficient (Wildman–Crippen LogP) is 2.99. The van der Waals surface area contributed by atoms with Crippen molar-refractivity contribution in [3.05, 3.63) is 70.0 Å². The van der Waals surface area contributed by atoms with Crippen LogP contribution in [-0.4, -0.2) is 6.54 Å². The van der Waals surface area contributed by atoms with Crippen LogP contribution >= 0.6 is 0 Å². The van der Waals surface area contributed by atoms with Gasteiger partial charge in [0.25, 0.3) is 0 Å². The van der Waals surface area contributed by atoms with Crippen LogP contribution < -0.4 is 4.90 Å². The molecule has 4 rings (SSSR count). The lowest BCUT2D eigenvalue weighted by Gasteiger charge is -2.33. The minimum Gasteiger partial charge on any atom is -0.302 e. The van der Waals surface area contributed by atoms with Gasteiger partial charge in [-0.2, -0.15) is 10.5 Å². The zero-order valence-corrected chi connectivity index (χ0v) is 14.4. The molecule has 3 nitrogen and oxygen atoms in total. The molecular formula is C22H22N3+. The quantitative estimate of drug-likeness (QED) is 0.806. The van der Waals surface area contributed by atoms with Gasteiger partial charge in [-0.15, -0.1) is 0 Å². The Labute approximate surface area is 149 Å². The Kier molecular flexibility index (Phi) is 4.26. The average Bonchev–Trinajstić information content (AvgIpc) is 2.68. The molecule has 1 aliphatic heterocycles. The number of quaternary nitrogens is 1. The Hall–Kier alpha value is -2.62. The fraction of sp³-hybridized carbons (Fsp3) is 0.364. The van der Waals surface area contributed by atoms with Gasteiger partial charge in [-0.05, 0) is 48.0 Å². The largest absolute Gasteiger partial charge is 0.302 e. The maximum Gasteiger partial charge on any atom is 0.132 e. The van der Waals surface area contributed by atoms with E-state index in [1.165, 1.54) is 35.2 Å². The maximum absolute atomic E-state index is 9.14. The SMILES string of the molecule is N#CC(C#N)=C1C=C2C=C([NH+]3CCc4ccccc4C3)CC[C@H]2CC1. The van der Waals surface area contributed by atoms with Crippen molar-refractivity contribution in [2.75, 3.05) is 6.54 Å². The van der Waals surface area contributed by atoms with Crippen LogP contribution in [0.15, 0.2) is 58.8 Å². The third-order valence-corrected chi connectivity index (χ3v) is 5.89. The van der Waals surface area contributed by atoms with E-state index in [9.17, 15) is 0 Å². The summed E-state index contributed by atoms with van der Waals surface area (Å²) >= 11 is 0. The fourth-order valence-corrected chi connectivity index (χ4v) is 4.46. The number of nitrogens with one attached hydrogen (secondary N) is 1. The minimum atomic E-state index is 0.283. The maximum atomic E-state index is 9.14. The Morgan fingerprint density at radius 3 is 2.52 bits per heavy atom. The number of nitrogens with zero attached hydrogens (tertiary/aromatic N) is 2. The highest BCUT2D eigenvalue weighted by Crippen LogP contribution is 2.37. The summed E-state index contributed by atoms with van der Waals surface area (Å²) in [5, 5.41) is 18.3. The molecule has 124 valence electrons. The van der Waals surface area contributed by atoms with E-state index in [0.29, 0.717) is 5.92 Å². The summed E-state index contributed by atoms with van der Waals surface area (Å²) in [7, 11) is 0. The molecule has 2 aliphatic carbocycles. The van der Waals surface area contributed by atoms with E-state index in [0.717, 1.165) is 37.9 Å². The van der Waals surface area contributed by atoms with Gasteiger partial charge in [-0.3, -0.25) is 0 Å². The molecule has 2 atom stereocenters. The van der Waals surface area contributed by atoms with Crippen LogP contribution in [-0.2, 0) is 13.0 Å². The average molecular weight is 328 g/mol. The molecule has 0 amide bonds. The Morgan fingerprint density at radius 2 is 1.72 bits per heavy atom. The van der Waals surface area contributed by atoms with E-state index >= 15 is 0 Å². The third kappa shape index (κ3) is 3.04. The van der Waals surface area contributed by atoms with Crippen molar-refractivity contribution >= 4 is 0 Å². The fourth-order valence-electron chi connectivity index (χ4n) is 4.46.